The van der Waals surface area contributed by atoms with Gasteiger partial charge in [0.05, 0.1) is 11.7 Å². The van der Waals surface area contributed by atoms with E-state index in [4.69, 9.17) is 0 Å². The molecule has 1 aromatic rings. The molecule has 4 heteroatoms. The van der Waals surface area contributed by atoms with Gasteiger partial charge in [-0.1, -0.05) is 0 Å². The van der Waals surface area contributed by atoms with Gasteiger partial charge in [0, 0.05) is 12.6 Å². The fourth-order valence-corrected chi connectivity index (χ4v) is 2.00. The molecule has 0 unspecified atom stereocenters. The summed E-state index contributed by atoms with van der Waals surface area (Å²) in [6, 6.07) is 2.95. The smallest absolute Gasteiger partial charge is 0.128 e. The molecule has 0 spiro atoms. The summed E-state index contributed by atoms with van der Waals surface area (Å²) in [6.45, 7) is 5.33. The Labute approximate surface area is 80.3 Å². The van der Waals surface area contributed by atoms with Crippen molar-refractivity contribution < 1.29 is 0 Å². The van der Waals surface area contributed by atoms with Crippen molar-refractivity contribution in [3.8, 4) is 0 Å². The Bertz CT molecular complexity index is 267. The predicted molar refractivity (Wildman–Crippen MR) is 51.1 cm³/mol. The lowest BCUT2D eigenvalue weighted by Gasteiger charge is -2.26. The molecule has 12 heavy (non-hydrogen) atoms. The van der Waals surface area contributed by atoms with E-state index < -0.39 is 0 Å². The molecule has 1 N–H and O–H groups in total. The highest BCUT2D eigenvalue weighted by atomic mass is 79.9. The first-order valence-corrected chi connectivity index (χ1v) is 4.96. The van der Waals surface area contributed by atoms with E-state index in [1.807, 2.05) is 0 Å². The van der Waals surface area contributed by atoms with E-state index in [0.717, 1.165) is 11.1 Å². The molecular weight excluding hydrogens is 218 g/mol. The van der Waals surface area contributed by atoms with E-state index >= 15 is 0 Å². The molecule has 2 atom stereocenters. The van der Waals surface area contributed by atoms with Gasteiger partial charge in [-0.05, 0) is 35.8 Å². The Morgan fingerprint density at radius 3 is 3.08 bits per heavy atom. The fourth-order valence-electron chi connectivity index (χ4n) is 1.59. The van der Waals surface area contributed by atoms with Crippen LogP contribution in [0.5, 0.6) is 0 Å². The molecule has 3 nitrogen and oxygen atoms in total. The summed E-state index contributed by atoms with van der Waals surface area (Å²) in [5, 5.41) is 7.80. The number of hydrogen-bond acceptors (Lipinski definition) is 2. The average Bonchev–Trinajstić information content (AvgIpc) is 2.41. The Balaban J connectivity index is 2.47. The van der Waals surface area contributed by atoms with E-state index in [1.54, 1.807) is 0 Å². The molecule has 0 saturated heterocycles. The van der Waals surface area contributed by atoms with E-state index in [-0.39, 0.29) is 0 Å². The Hall–Kier alpha value is -0.350. The topological polar surface area (TPSA) is 29.9 Å². The largest absolute Gasteiger partial charge is 0.307 e. The highest BCUT2D eigenvalue weighted by Gasteiger charge is 2.22. The highest BCUT2D eigenvalue weighted by molar-refractivity contribution is 9.10. The van der Waals surface area contributed by atoms with Gasteiger partial charge in [-0.2, -0.15) is 5.10 Å². The van der Waals surface area contributed by atoms with Crippen molar-refractivity contribution in [2.75, 3.05) is 6.54 Å². The van der Waals surface area contributed by atoms with Crippen LogP contribution >= 0.6 is 15.9 Å². The summed E-state index contributed by atoms with van der Waals surface area (Å²) < 4.78 is 3.02. The zero-order valence-corrected chi connectivity index (χ0v) is 8.80. The van der Waals surface area contributed by atoms with Crippen molar-refractivity contribution in [2.45, 2.75) is 25.9 Å². The van der Waals surface area contributed by atoms with Crippen LogP contribution in [0.25, 0.3) is 0 Å². The van der Waals surface area contributed by atoms with Crippen molar-refractivity contribution in [1.82, 2.24) is 15.1 Å². The van der Waals surface area contributed by atoms with Crippen molar-refractivity contribution >= 4 is 15.9 Å². The SMILES string of the molecule is C[C@H]1NC[C@H](C)n2nc(Br)cc21. The minimum atomic E-state index is 0.417. The lowest BCUT2D eigenvalue weighted by molar-refractivity contribution is 0.353. The molecule has 2 heterocycles. The third-order valence-corrected chi connectivity index (χ3v) is 2.70. The number of aromatic nitrogens is 2. The van der Waals surface area contributed by atoms with Gasteiger partial charge >= 0.3 is 0 Å². The van der Waals surface area contributed by atoms with Gasteiger partial charge in [-0.3, -0.25) is 4.68 Å². The van der Waals surface area contributed by atoms with Gasteiger partial charge in [0.1, 0.15) is 4.60 Å². The summed E-state index contributed by atoms with van der Waals surface area (Å²) in [7, 11) is 0. The molecule has 0 saturated carbocycles. The van der Waals surface area contributed by atoms with E-state index in [9.17, 15) is 0 Å². The third-order valence-electron chi connectivity index (χ3n) is 2.32. The molecule has 0 bridgehead atoms. The average molecular weight is 230 g/mol. The van der Waals surface area contributed by atoms with Gasteiger partial charge in [0.15, 0.2) is 0 Å². The summed E-state index contributed by atoms with van der Waals surface area (Å²) in [5.74, 6) is 0. The van der Waals surface area contributed by atoms with Crippen LogP contribution in [0.15, 0.2) is 10.7 Å². The lowest BCUT2D eigenvalue weighted by atomic mass is 10.1. The van der Waals surface area contributed by atoms with E-state index in [0.29, 0.717) is 12.1 Å². The van der Waals surface area contributed by atoms with Crippen LogP contribution in [0.2, 0.25) is 0 Å². The molecule has 0 fully saturated rings. The highest BCUT2D eigenvalue weighted by Crippen LogP contribution is 2.24. The molecular formula is C8H12BrN3. The van der Waals surface area contributed by atoms with Gasteiger partial charge in [0.25, 0.3) is 0 Å². The zero-order valence-electron chi connectivity index (χ0n) is 7.21. The van der Waals surface area contributed by atoms with E-state index in [2.05, 4.69) is 50.9 Å². The van der Waals surface area contributed by atoms with Gasteiger partial charge in [-0.25, -0.2) is 0 Å². The molecule has 0 radical (unpaired) electrons. The van der Waals surface area contributed by atoms with Crippen LogP contribution in [0.4, 0.5) is 0 Å². The Morgan fingerprint density at radius 1 is 1.67 bits per heavy atom. The molecule has 0 aromatic carbocycles. The summed E-state index contributed by atoms with van der Waals surface area (Å²) in [6.07, 6.45) is 0. The van der Waals surface area contributed by atoms with Crippen LogP contribution in [0.1, 0.15) is 31.6 Å². The quantitative estimate of drug-likeness (QED) is 0.737. The molecule has 66 valence electrons. The number of hydrogen-bond donors (Lipinski definition) is 1. The van der Waals surface area contributed by atoms with E-state index in [1.165, 1.54) is 5.69 Å². The van der Waals surface area contributed by atoms with Crippen molar-refractivity contribution in [3.05, 3.63) is 16.4 Å². The maximum absolute atomic E-state index is 4.38. The first-order valence-electron chi connectivity index (χ1n) is 4.17. The number of rotatable bonds is 0. The Kier molecular flexibility index (Phi) is 1.96. The second kappa shape index (κ2) is 2.85. The number of nitrogens with zero attached hydrogens (tertiary/aromatic N) is 2. The van der Waals surface area contributed by atoms with Crippen LogP contribution in [-0.4, -0.2) is 16.3 Å². The van der Waals surface area contributed by atoms with Crippen molar-refractivity contribution in [1.29, 1.82) is 0 Å². The van der Waals surface area contributed by atoms with Gasteiger partial charge < -0.3 is 5.32 Å². The van der Waals surface area contributed by atoms with Crippen molar-refractivity contribution in [3.63, 3.8) is 0 Å². The third kappa shape index (κ3) is 1.19. The lowest BCUT2D eigenvalue weighted by Crippen LogP contribution is -2.34. The minimum Gasteiger partial charge on any atom is -0.307 e. The normalized spacial score (nSPS) is 28.6. The first-order chi connectivity index (χ1) is 5.68. The number of nitrogens with one attached hydrogen (secondary N) is 1. The van der Waals surface area contributed by atoms with Crippen molar-refractivity contribution in [2.24, 2.45) is 0 Å². The number of halogens is 1. The second-order valence-corrected chi connectivity index (χ2v) is 4.13. The predicted octanol–water partition coefficient (Wildman–Crippen LogP) is 1.87. The van der Waals surface area contributed by atoms with Crippen LogP contribution < -0.4 is 5.32 Å². The molecule has 1 aromatic heterocycles. The summed E-state index contributed by atoms with van der Waals surface area (Å²) in [5.41, 5.74) is 1.26. The zero-order chi connectivity index (χ0) is 8.72. The monoisotopic (exact) mass is 229 g/mol. The van der Waals surface area contributed by atoms with Crippen LogP contribution in [0, 0.1) is 0 Å². The molecule has 2 rings (SSSR count). The second-order valence-electron chi connectivity index (χ2n) is 3.32. The maximum Gasteiger partial charge on any atom is 0.128 e. The van der Waals surface area contributed by atoms with Crippen LogP contribution in [0.3, 0.4) is 0 Å². The number of fused-ring (bicyclic) bond motifs is 1. The maximum atomic E-state index is 4.38. The van der Waals surface area contributed by atoms with Gasteiger partial charge in [0.2, 0.25) is 0 Å². The molecule has 0 amide bonds. The Morgan fingerprint density at radius 2 is 2.42 bits per heavy atom. The fraction of sp³-hybridized carbons (Fsp3) is 0.625. The molecule has 1 aliphatic heterocycles. The van der Waals surface area contributed by atoms with Crippen LogP contribution in [-0.2, 0) is 0 Å². The molecule has 0 aliphatic carbocycles. The first kappa shape index (κ1) is 8.26. The molecule has 1 aliphatic rings. The minimum absolute atomic E-state index is 0.417. The standard InChI is InChI=1S/C8H12BrN3/c1-5-4-10-6(2)7-3-8(9)11-12(5)7/h3,5-6,10H,4H2,1-2H3/t5-,6+/m0/s1. The van der Waals surface area contributed by atoms with Gasteiger partial charge in [-0.15, -0.1) is 0 Å². The summed E-state index contributed by atoms with van der Waals surface area (Å²) >= 11 is 3.39. The summed E-state index contributed by atoms with van der Waals surface area (Å²) in [4.78, 5) is 0.